The third kappa shape index (κ3) is 59.4. The highest BCUT2D eigenvalue weighted by Gasteiger charge is 2.25. The van der Waals surface area contributed by atoms with Crippen LogP contribution < -0.4 is 31.9 Å². The minimum Gasteiger partial charge on any atom is -0.379 e. The first-order valence-corrected chi connectivity index (χ1v) is 34.6. The molecule has 0 aromatic heterocycles. The zero-order valence-electron chi connectivity index (χ0n) is 57.8. The summed E-state index contributed by atoms with van der Waals surface area (Å²) >= 11 is 0. The van der Waals surface area contributed by atoms with Gasteiger partial charge in [-0.2, -0.15) is 0 Å². The summed E-state index contributed by atoms with van der Waals surface area (Å²) in [5.41, 5.74) is 0. The van der Waals surface area contributed by atoms with E-state index in [0.29, 0.717) is 145 Å². The Bertz CT molecular complexity index is 1980. The number of nitrogens with zero attached hydrogens (tertiary/aromatic N) is 2. The van der Waals surface area contributed by atoms with Gasteiger partial charge in [0, 0.05) is 116 Å². The van der Waals surface area contributed by atoms with Crippen LogP contribution in [0.1, 0.15) is 123 Å². The van der Waals surface area contributed by atoms with Gasteiger partial charge < -0.3 is 93.6 Å². The average molecular weight is 1370 g/mol. The molecule has 0 aliphatic carbocycles. The van der Waals surface area contributed by atoms with Gasteiger partial charge in [-0.05, 0) is 38.5 Å². The van der Waals surface area contributed by atoms with Gasteiger partial charge in [0.2, 0.25) is 41.4 Å². The van der Waals surface area contributed by atoms with Crippen molar-refractivity contribution in [1.29, 1.82) is 0 Å². The Morgan fingerprint density at radius 2 is 0.573 bits per heavy atom. The first-order chi connectivity index (χ1) is 47.0. The molecule has 0 spiro atoms. The van der Waals surface area contributed by atoms with E-state index in [9.17, 15) is 43.2 Å². The highest BCUT2D eigenvalue weighted by atomic mass is 16.6. The molecule has 9 amide bonds. The summed E-state index contributed by atoms with van der Waals surface area (Å²) in [6, 6.07) is 0. The molecule has 29 nitrogen and oxygen atoms in total. The predicted molar refractivity (Wildman–Crippen MR) is 358 cm³/mol. The van der Waals surface area contributed by atoms with Crippen LogP contribution in [0, 0.1) is 0 Å². The molecule has 0 radical (unpaired) electrons. The minimum absolute atomic E-state index is 0.00788. The molecule has 1 rings (SSSR count). The van der Waals surface area contributed by atoms with E-state index in [2.05, 4.69) is 70.1 Å². The molecule has 0 bridgehead atoms. The van der Waals surface area contributed by atoms with Crippen LogP contribution in [0.5, 0.6) is 0 Å². The Hall–Kier alpha value is -5.83. The molecular weight excluding hydrogens is 1250 g/mol. The molecule has 96 heavy (non-hydrogen) atoms. The van der Waals surface area contributed by atoms with Gasteiger partial charge in [0.1, 0.15) is 0 Å². The minimum atomic E-state index is -0.460. The van der Waals surface area contributed by atoms with Crippen molar-refractivity contribution in [2.24, 2.45) is 0 Å². The summed E-state index contributed by atoms with van der Waals surface area (Å²) in [6.45, 7) is 13.9. The molecule has 1 heterocycles. The summed E-state index contributed by atoms with van der Waals surface area (Å²) in [5, 5.41) is 16.7. The molecular formula is C67H118N8O21. The molecule has 552 valence electrons. The fraction of sp³-hybridized carbons (Fsp3) is 0.776. The number of rotatable bonds is 71. The number of unbranched alkanes of at least 4 members (excludes halogenated alkanes) is 6. The second kappa shape index (κ2) is 67.7. The summed E-state index contributed by atoms with van der Waals surface area (Å²) in [7, 11) is 0. The van der Waals surface area contributed by atoms with E-state index in [4.69, 9.17) is 56.8 Å². The van der Waals surface area contributed by atoms with E-state index in [0.717, 1.165) is 30.6 Å². The van der Waals surface area contributed by atoms with E-state index in [1.54, 1.807) is 4.90 Å². The summed E-state index contributed by atoms with van der Waals surface area (Å²) in [6.07, 6.45) is 23.1. The van der Waals surface area contributed by atoms with Crippen molar-refractivity contribution >= 4 is 53.2 Å². The first-order valence-electron chi connectivity index (χ1n) is 34.6. The monoisotopic (exact) mass is 1370 g/mol. The number of nitrogens with one attached hydrogen (secondary N) is 6. The molecule has 0 saturated heterocycles. The number of hydrogen-bond donors (Lipinski definition) is 6. The van der Waals surface area contributed by atoms with Crippen molar-refractivity contribution in [1.82, 2.24) is 41.7 Å². The molecule has 1 aliphatic rings. The van der Waals surface area contributed by atoms with E-state index in [-0.39, 0.29) is 159 Å². The van der Waals surface area contributed by atoms with Crippen LogP contribution in [0.15, 0.2) is 36.5 Å². The zero-order valence-corrected chi connectivity index (χ0v) is 57.8. The number of allylic oxidation sites excluding steroid dienone is 4. The fourth-order valence-electron chi connectivity index (χ4n) is 8.35. The van der Waals surface area contributed by atoms with Crippen molar-refractivity contribution in [3.05, 3.63) is 36.5 Å². The number of hydrogen-bond acceptors (Lipinski definition) is 21. The third-order valence-corrected chi connectivity index (χ3v) is 13.7. The van der Waals surface area contributed by atoms with Gasteiger partial charge in [0.15, 0.2) is 0 Å². The van der Waals surface area contributed by atoms with E-state index >= 15 is 0 Å². The quantitative estimate of drug-likeness (QED) is 0.0289. The Balaban J connectivity index is 2.00. The number of carbonyl (C=O) groups is 9. The Morgan fingerprint density at radius 1 is 0.323 bits per heavy atom. The Labute approximate surface area is 569 Å². The molecule has 29 heteroatoms. The highest BCUT2D eigenvalue weighted by Crippen LogP contribution is 2.07. The van der Waals surface area contributed by atoms with Crippen molar-refractivity contribution in [3.8, 4) is 0 Å². The van der Waals surface area contributed by atoms with Crippen LogP contribution in [0.25, 0.3) is 0 Å². The lowest BCUT2D eigenvalue weighted by Crippen LogP contribution is -2.40. The summed E-state index contributed by atoms with van der Waals surface area (Å²) in [5.74, 6) is -1.91. The Kier molecular flexibility index (Phi) is 62.2. The van der Waals surface area contributed by atoms with Gasteiger partial charge in [0.25, 0.3) is 11.8 Å². The molecule has 0 unspecified atom stereocenters. The molecule has 0 aromatic carbocycles. The maximum atomic E-state index is 13.2. The molecule has 6 N–H and O–H groups in total. The summed E-state index contributed by atoms with van der Waals surface area (Å²) in [4.78, 5) is 112. The average Bonchev–Trinajstić information content (AvgIpc) is 1.97. The standard InChI is InChI=1S/C67H118N8O21/c1-3-5-7-9-11-13-15-17-59(76)68-28-41-89-43-30-72-61(78)22-35-85-39-26-70-63(80)24-37-87-47-51-93-55-57-95-53-49-91-45-33-74(65(82)21-32-75-66(83)19-20-67(75)84)34-46-92-50-54-96-58-56-94-52-48-88-38-25-64(81)71-27-40-86-36-23-62(79)73-31-44-90-42-29-69-60(77)18-16-14-12-10-8-6-4-2/h11-14,19-20H,3-10,15-18,21-58H2,1-2H3,(H,68,76)(H,69,77)(H,70,80)(H,71,81)(H,72,78)(H,73,79)/b13-11-,14-12-. The maximum absolute atomic E-state index is 13.2. The van der Waals surface area contributed by atoms with Gasteiger partial charge in [-0.1, -0.05) is 63.8 Å². The maximum Gasteiger partial charge on any atom is 0.253 e. The SMILES string of the molecule is CCCCC/C=C\CCC(=O)NCCOCCNC(=O)CCOCCNC(=O)CCOCCOCCOCCOCCN(CCOCCOCCOCCOCCC(=O)NCCOCCC(=O)NCCOCCNC(=O)CC/C=C\CCCCC)C(=O)CCN1C(=O)C=CC1=O. The van der Waals surface area contributed by atoms with Gasteiger partial charge in [-0.3, -0.25) is 48.1 Å². The third-order valence-electron chi connectivity index (χ3n) is 13.7. The second-order valence-electron chi connectivity index (χ2n) is 21.8. The first kappa shape index (κ1) is 88.2. The smallest absolute Gasteiger partial charge is 0.253 e. The van der Waals surface area contributed by atoms with E-state index < -0.39 is 11.8 Å². The van der Waals surface area contributed by atoms with Crippen LogP contribution in [-0.4, -0.2) is 280 Å². The van der Waals surface area contributed by atoms with Crippen LogP contribution in [0.4, 0.5) is 0 Å². The van der Waals surface area contributed by atoms with Crippen molar-refractivity contribution < 1.29 is 100.0 Å². The van der Waals surface area contributed by atoms with E-state index in [1.807, 2.05) is 0 Å². The van der Waals surface area contributed by atoms with Crippen LogP contribution in [-0.2, 0) is 100.0 Å². The van der Waals surface area contributed by atoms with Gasteiger partial charge >= 0.3 is 0 Å². The molecule has 0 fully saturated rings. The number of amides is 9. The lowest BCUT2D eigenvalue weighted by molar-refractivity contribution is -0.139. The van der Waals surface area contributed by atoms with Crippen molar-refractivity contribution in [2.75, 3.05) is 217 Å². The Morgan fingerprint density at radius 3 is 0.875 bits per heavy atom. The van der Waals surface area contributed by atoms with Crippen LogP contribution in [0.3, 0.4) is 0 Å². The number of imide groups is 1. The molecule has 1 aliphatic heterocycles. The molecule has 0 saturated carbocycles. The topological polar surface area (TPSA) is 343 Å². The predicted octanol–water partition coefficient (Wildman–Crippen LogP) is 2.42. The lowest BCUT2D eigenvalue weighted by atomic mass is 10.2. The van der Waals surface area contributed by atoms with E-state index in [1.165, 1.54) is 50.7 Å². The molecule has 0 atom stereocenters. The normalized spacial score (nSPS) is 12.1. The largest absolute Gasteiger partial charge is 0.379 e. The molecule has 0 aromatic rings. The zero-order chi connectivity index (χ0) is 69.7. The summed E-state index contributed by atoms with van der Waals surface area (Å²) < 4.78 is 66.4. The van der Waals surface area contributed by atoms with Gasteiger partial charge in [-0.25, -0.2) is 0 Å². The van der Waals surface area contributed by atoms with Crippen LogP contribution in [0.2, 0.25) is 0 Å². The van der Waals surface area contributed by atoms with Gasteiger partial charge in [-0.15, -0.1) is 0 Å². The highest BCUT2D eigenvalue weighted by molar-refractivity contribution is 6.13. The second-order valence-corrected chi connectivity index (χ2v) is 21.8. The fourth-order valence-corrected chi connectivity index (χ4v) is 8.35. The van der Waals surface area contributed by atoms with Crippen molar-refractivity contribution in [2.45, 2.75) is 123 Å². The number of ether oxygens (including phenoxy) is 12. The van der Waals surface area contributed by atoms with Crippen molar-refractivity contribution in [3.63, 3.8) is 0 Å². The lowest BCUT2D eigenvalue weighted by Gasteiger charge is -2.24. The van der Waals surface area contributed by atoms with Gasteiger partial charge in [0.05, 0.1) is 159 Å². The number of carbonyl (C=O) groups excluding carboxylic acids is 9. The van der Waals surface area contributed by atoms with Crippen LogP contribution >= 0.6 is 0 Å².